The van der Waals surface area contributed by atoms with Crippen LogP contribution in [0.1, 0.15) is 58.4 Å². The third-order valence-corrected chi connectivity index (χ3v) is 10.4. The minimum absolute atomic E-state index is 0.0299. The number of carbonyl (C=O) groups is 3. The summed E-state index contributed by atoms with van der Waals surface area (Å²) in [6, 6.07) is 2.48. The van der Waals surface area contributed by atoms with Gasteiger partial charge in [0, 0.05) is 31.5 Å². The van der Waals surface area contributed by atoms with Crippen molar-refractivity contribution in [3.63, 3.8) is 0 Å². The van der Waals surface area contributed by atoms with Crippen LogP contribution in [0.25, 0.3) is 0 Å². The first-order chi connectivity index (χ1) is 20.0. The molecule has 0 unspecified atom stereocenters. The molecular formula is C31H43IN2O8. The van der Waals surface area contributed by atoms with Gasteiger partial charge in [-0.05, 0) is 88.8 Å². The number of benzene rings is 1. The van der Waals surface area contributed by atoms with Crippen molar-refractivity contribution in [3.05, 3.63) is 32.9 Å². The highest BCUT2D eigenvalue weighted by Crippen LogP contribution is 2.61. The molecule has 0 saturated heterocycles. The smallest absolute Gasteiger partial charge is 0.290 e. The number of aliphatic hydroxyl groups is 3. The minimum atomic E-state index is -1.25. The van der Waals surface area contributed by atoms with E-state index in [4.69, 9.17) is 9.47 Å². The van der Waals surface area contributed by atoms with Gasteiger partial charge in [0.05, 0.1) is 29.9 Å². The first-order valence-electron chi connectivity index (χ1n) is 14.7. The molecule has 0 heterocycles. The van der Waals surface area contributed by atoms with E-state index in [2.05, 4.69) is 41.8 Å². The lowest BCUT2D eigenvalue weighted by atomic mass is 9.45. The highest BCUT2D eigenvalue weighted by molar-refractivity contribution is 14.1. The summed E-state index contributed by atoms with van der Waals surface area (Å²) in [5.74, 6) is 0.277. The van der Waals surface area contributed by atoms with Crippen molar-refractivity contribution in [3.8, 4) is 11.5 Å². The largest absolute Gasteiger partial charge is 0.493 e. The summed E-state index contributed by atoms with van der Waals surface area (Å²) in [5, 5.41) is 33.3. The predicted octanol–water partition coefficient (Wildman–Crippen LogP) is 2.59. The van der Waals surface area contributed by atoms with Gasteiger partial charge < -0.3 is 35.0 Å². The highest BCUT2D eigenvalue weighted by Gasteiger charge is 2.55. The fourth-order valence-electron chi connectivity index (χ4n) is 7.01. The van der Waals surface area contributed by atoms with Crippen LogP contribution >= 0.6 is 22.6 Å². The van der Waals surface area contributed by atoms with Gasteiger partial charge in [0.25, 0.3) is 5.91 Å². The number of nitrogens with zero attached hydrogens (tertiary/aromatic N) is 1. The van der Waals surface area contributed by atoms with Crippen molar-refractivity contribution in [1.82, 2.24) is 10.2 Å². The molecule has 3 fully saturated rings. The van der Waals surface area contributed by atoms with Crippen LogP contribution < -0.4 is 14.8 Å². The monoisotopic (exact) mass is 698 g/mol. The average Bonchev–Trinajstić information content (AvgIpc) is 2.99. The van der Waals surface area contributed by atoms with Crippen LogP contribution in [0.5, 0.6) is 11.5 Å². The number of Topliss-reactive ketones (excluding diaryl/α,β-unsaturated/α-hetero) is 1. The molecule has 0 aliphatic heterocycles. The van der Waals surface area contributed by atoms with Gasteiger partial charge in [0.15, 0.2) is 11.5 Å². The topological polar surface area (TPSA) is 146 Å². The van der Waals surface area contributed by atoms with E-state index in [1.54, 1.807) is 19.1 Å². The third kappa shape index (κ3) is 6.48. The molecule has 1 aromatic carbocycles. The predicted molar refractivity (Wildman–Crippen MR) is 164 cm³/mol. The maximum absolute atomic E-state index is 13.6. The minimum Gasteiger partial charge on any atom is -0.493 e. The second kappa shape index (κ2) is 13.6. The van der Waals surface area contributed by atoms with E-state index in [1.807, 2.05) is 0 Å². The first kappa shape index (κ1) is 32.7. The highest BCUT2D eigenvalue weighted by atomic mass is 127. The van der Waals surface area contributed by atoms with E-state index >= 15 is 0 Å². The van der Waals surface area contributed by atoms with Gasteiger partial charge in [-0.1, -0.05) is 20.8 Å². The Morgan fingerprint density at radius 2 is 1.93 bits per heavy atom. The van der Waals surface area contributed by atoms with Crippen LogP contribution in [0, 0.1) is 26.7 Å². The van der Waals surface area contributed by atoms with E-state index in [0.717, 1.165) is 19.3 Å². The Labute approximate surface area is 261 Å². The SMILES string of the molecule is CCC(=O)C(=O)N(C[C@@H]1CC[C@H]2C[C@@H]1C2(C)C)[C@@H]1CC(C(=O)NCCO)=C[C@H](Oc2c(I)cc(CO)cc2OC)[C@H]1O. The number of hydrogen-bond acceptors (Lipinski definition) is 8. The van der Waals surface area contributed by atoms with Gasteiger partial charge in [-0.3, -0.25) is 14.4 Å². The van der Waals surface area contributed by atoms with Gasteiger partial charge in [-0.15, -0.1) is 0 Å². The molecule has 5 rings (SSSR count). The Balaban J connectivity index is 1.71. The Bertz CT molecular complexity index is 1220. The number of ketones is 1. The van der Waals surface area contributed by atoms with Crippen LogP contribution in [0.15, 0.2) is 23.8 Å². The maximum atomic E-state index is 13.6. The molecule has 2 bridgehead atoms. The molecule has 3 saturated carbocycles. The van der Waals surface area contributed by atoms with Gasteiger partial charge in [0.2, 0.25) is 11.7 Å². The summed E-state index contributed by atoms with van der Waals surface area (Å²) in [5.41, 5.74) is 1.07. The zero-order chi connectivity index (χ0) is 30.8. The van der Waals surface area contributed by atoms with Crippen LogP contribution in [0.3, 0.4) is 0 Å². The fraction of sp³-hybridized carbons (Fsp3) is 0.645. The Morgan fingerprint density at radius 1 is 1.19 bits per heavy atom. The van der Waals surface area contributed by atoms with Crippen LogP contribution in [0.4, 0.5) is 0 Å². The van der Waals surface area contributed by atoms with Crippen molar-refractivity contribution in [1.29, 1.82) is 0 Å². The molecule has 4 aliphatic rings. The molecule has 42 heavy (non-hydrogen) atoms. The molecule has 4 aliphatic carbocycles. The van der Waals surface area contributed by atoms with Gasteiger partial charge in [-0.25, -0.2) is 0 Å². The molecule has 4 N–H and O–H groups in total. The summed E-state index contributed by atoms with van der Waals surface area (Å²) in [7, 11) is 1.47. The normalized spacial score (nSPS) is 27.8. The van der Waals surface area contributed by atoms with E-state index in [-0.39, 0.29) is 43.9 Å². The lowest BCUT2D eigenvalue weighted by Gasteiger charge is -2.61. The zero-order valence-electron chi connectivity index (χ0n) is 24.8. The van der Waals surface area contributed by atoms with Crippen molar-refractivity contribution in [2.45, 2.75) is 77.7 Å². The lowest BCUT2D eigenvalue weighted by molar-refractivity contribution is -0.155. The Kier molecular flexibility index (Phi) is 10.6. The van der Waals surface area contributed by atoms with Gasteiger partial charge >= 0.3 is 0 Å². The summed E-state index contributed by atoms with van der Waals surface area (Å²) in [6.07, 6.45) is 2.39. The first-order valence-corrected chi connectivity index (χ1v) is 15.8. The van der Waals surface area contributed by atoms with Crippen molar-refractivity contribution >= 4 is 40.2 Å². The number of rotatable bonds is 12. The summed E-state index contributed by atoms with van der Waals surface area (Å²) < 4.78 is 12.4. The number of methoxy groups -OCH3 is 1. The number of fused-ring (bicyclic) bond motifs is 2. The zero-order valence-corrected chi connectivity index (χ0v) is 26.9. The standard InChI is InChI=1S/C31H43IN2O8/c1-5-24(37)30(40)34(15-18-6-7-20-14-21(18)31(20,2)3)23-12-19(29(39)33-8-9-35)13-25(27(23)38)42-28-22(32)10-17(16-36)11-26(28)41-4/h10-11,13,18,20-21,23,25,27,35-36,38H,5-9,12,14-16H2,1-4H3,(H,33,39)/t18-,20-,21-,23+,25-,27-/m0/s1. The maximum Gasteiger partial charge on any atom is 0.290 e. The second-order valence-electron chi connectivity index (χ2n) is 12.2. The van der Waals surface area contributed by atoms with Crippen LogP contribution in [-0.4, -0.2) is 82.9 Å². The van der Waals surface area contributed by atoms with Crippen molar-refractivity contribution in [2.75, 3.05) is 26.8 Å². The number of halogens is 1. The summed E-state index contributed by atoms with van der Waals surface area (Å²) >= 11 is 2.05. The van der Waals surface area contributed by atoms with E-state index in [9.17, 15) is 29.7 Å². The lowest BCUT2D eigenvalue weighted by Crippen LogP contribution is -2.60. The molecule has 10 nitrogen and oxygen atoms in total. The van der Waals surface area contributed by atoms with E-state index in [0.29, 0.717) is 44.6 Å². The molecule has 0 radical (unpaired) electrons. The Hall–Kier alpha value is -2.22. The molecule has 1 aromatic rings. The second-order valence-corrected chi connectivity index (χ2v) is 13.4. The molecular weight excluding hydrogens is 655 g/mol. The number of nitrogens with one attached hydrogen (secondary N) is 1. The molecule has 2 amide bonds. The van der Waals surface area contributed by atoms with Gasteiger partial charge in [-0.2, -0.15) is 0 Å². The van der Waals surface area contributed by atoms with E-state index < -0.39 is 35.8 Å². The molecule has 11 heteroatoms. The number of aliphatic hydroxyl groups excluding tert-OH is 3. The number of ether oxygens (including phenoxy) is 2. The fourth-order valence-corrected chi connectivity index (χ4v) is 7.80. The van der Waals surface area contributed by atoms with Crippen molar-refractivity contribution < 1.29 is 39.2 Å². The molecule has 0 aromatic heterocycles. The average molecular weight is 699 g/mol. The van der Waals surface area contributed by atoms with Gasteiger partial charge in [0.1, 0.15) is 12.2 Å². The molecule has 6 atom stereocenters. The molecule has 0 spiro atoms. The molecule has 232 valence electrons. The van der Waals surface area contributed by atoms with E-state index in [1.165, 1.54) is 18.1 Å². The Morgan fingerprint density at radius 3 is 2.52 bits per heavy atom. The van der Waals surface area contributed by atoms with Crippen molar-refractivity contribution in [2.24, 2.45) is 23.2 Å². The van der Waals surface area contributed by atoms with Crippen LogP contribution in [-0.2, 0) is 21.0 Å². The third-order valence-electron chi connectivity index (χ3n) is 9.59. The number of hydrogen-bond donors (Lipinski definition) is 4. The van der Waals surface area contributed by atoms with Crippen LogP contribution in [0.2, 0.25) is 0 Å². The number of carbonyl (C=O) groups excluding carboxylic acids is 3. The summed E-state index contributed by atoms with van der Waals surface area (Å²) in [4.78, 5) is 41.1. The number of amides is 2. The quantitative estimate of drug-likeness (QED) is 0.193. The summed E-state index contributed by atoms with van der Waals surface area (Å²) in [6.45, 7) is 6.09.